The van der Waals surface area contributed by atoms with E-state index in [2.05, 4.69) is 20.7 Å². The predicted molar refractivity (Wildman–Crippen MR) is 119 cm³/mol. The van der Waals surface area contributed by atoms with Gasteiger partial charge in [-0.3, -0.25) is 19.7 Å². The fourth-order valence-electron chi connectivity index (χ4n) is 3.15. The summed E-state index contributed by atoms with van der Waals surface area (Å²) in [5, 5.41) is 11.8. The molecule has 0 unspecified atom stereocenters. The first-order valence-corrected chi connectivity index (χ1v) is 10.4. The van der Waals surface area contributed by atoms with Gasteiger partial charge in [-0.05, 0) is 36.4 Å². The lowest BCUT2D eigenvalue weighted by molar-refractivity contribution is -0.118. The molecule has 0 atom stereocenters. The van der Waals surface area contributed by atoms with Crippen LogP contribution in [0.25, 0.3) is 16.9 Å². The van der Waals surface area contributed by atoms with Crippen molar-refractivity contribution in [1.29, 1.82) is 0 Å². The van der Waals surface area contributed by atoms with Crippen molar-refractivity contribution < 1.29 is 14.3 Å². The number of thiazole rings is 1. The Morgan fingerprint density at radius 3 is 2.78 bits per heavy atom. The highest BCUT2D eigenvalue weighted by Crippen LogP contribution is 2.33. The second-order valence-corrected chi connectivity index (χ2v) is 7.70. The van der Waals surface area contributed by atoms with Crippen LogP contribution in [0, 0.1) is 0 Å². The van der Waals surface area contributed by atoms with Gasteiger partial charge in [0, 0.05) is 17.0 Å². The van der Waals surface area contributed by atoms with Crippen LogP contribution in [0.2, 0.25) is 0 Å². The zero-order chi connectivity index (χ0) is 22.1. The summed E-state index contributed by atoms with van der Waals surface area (Å²) in [5.41, 5.74) is 2.28. The Hall–Kier alpha value is -4.31. The number of nitrogens with zero attached hydrogens (tertiary/aromatic N) is 3. The second kappa shape index (κ2) is 8.08. The monoisotopic (exact) mass is 445 g/mol. The number of aromatic nitrogens is 3. The van der Waals surface area contributed by atoms with Crippen molar-refractivity contribution in [2.45, 2.75) is 0 Å². The number of carbonyl (C=O) groups is 2. The van der Waals surface area contributed by atoms with Gasteiger partial charge < -0.3 is 10.1 Å². The molecular weight excluding hydrogens is 430 g/mol. The van der Waals surface area contributed by atoms with Gasteiger partial charge in [0.05, 0.1) is 17.1 Å². The molecule has 1 aliphatic rings. The molecular formula is C22H15N5O4S. The second-order valence-electron chi connectivity index (χ2n) is 6.84. The van der Waals surface area contributed by atoms with E-state index in [1.165, 1.54) is 28.2 Å². The van der Waals surface area contributed by atoms with Crippen LogP contribution in [0.5, 0.6) is 5.75 Å². The lowest BCUT2D eigenvalue weighted by Crippen LogP contribution is -2.25. The van der Waals surface area contributed by atoms with E-state index in [9.17, 15) is 14.4 Å². The van der Waals surface area contributed by atoms with Gasteiger partial charge in [0.25, 0.3) is 17.4 Å². The van der Waals surface area contributed by atoms with Gasteiger partial charge in [-0.15, -0.1) is 11.3 Å². The molecule has 0 spiro atoms. The van der Waals surface area contributed by atoms with Gasteiger partial charge in [0.1, 0.15) is 11.4 Å². The van der Waals surface area contributed by atoms with Crippen molar-refractivity contribution in [2.24, 2.45) is 0 Å². The van der Waals surface area contributed by atoms with Crippen molar-refractivity contribution in [2.75, 3.05) is 17.2 Å². The Labute approximate surface area is 185 Å². The highest BCUT2D eigenvalue weighted by atomic mass is 32.1. The fourth-order valence-corrected chi connectivity index (χ4v) is 3.87. The largest absolute Gasteiger partial charge is 0.482 e. The third kappa shape index (κ3) is 3.86. The summed E-state index contributed by atoms with van der Waals surface area (Å²) in [6, 6.07) is 16.9. The molecule has 0 aliphatic carbocycles. The molecule has 4 aromatic rings. The van der Waals surface area contributed by atoms with Crippen molar-refractivity contribution in [3.8, 4) is 22.7 Å². The Kier molecular flexibility index (Phi) is 4.96. The van der Waals surface area contributed by atoms with Gasteiger partial charge in [-0.2, -0.15) is 9.78 Å². The van der Waals surface area contributed by atoms with Gasteiger partial charge in [-0.1, -0.05) is 18.2 Å². The van der Waals surface area contributed by atoms with Crippen LogP contribution in [0.15, 0.2) is 70.8 Å². The first kappa shape index (κ1) is 19.6. The Bertz CT molecular complexity index is 1400. The summed E-state index contributed by atoms with van der Waals surface area (Å²) in [6.07, 6.45) is 0. The molecule has 2 N–H and O–H groups in total. The molecule has 0 bridgehead atoms. The molecule has 2 aromatic heterocycles. The molecule has 0 saturated heterocycles. The van der Waals surface area contributed by atoms with Gasteiger partial charge in [-0.25, -0.2) is 4.98 Å². The molecule has 2 aromatic carbocycles. The average molecular weight is 445 g/mol. The van der Waals surface area contributed by atoms with Gasteiger partial charge in [0.15, 0.2) is 11.7 Å². The highest BCUT2D eigenvalue weighted by molar-refractivity contribution is 7.14. The SMILES string of the molecule is O=C1COc2ccc(-c3csc(NC(=O)c4ccc(=O)n(-c5ccccc5)n4)n3)cc2N1. The molecule has 10 heteroatoms. The van der Waals surface area contributed by atoms with E-state index in [1.807, 2.05) is 12.1 Å². The third-order valence-corrected chi connectivity index (χ3v) is 5.42. The molecule has 0 radical (unpaired) electrons. The molecule has 9 nitrogen and oxygen atoms in total. The molecule has 1 aliphatic heterocycles. The molecule has 5 rings (SSSR count). The van der Waals surface area contributed by atoms with Crippen molar-refractivity contribution >= 4 is 34.0 Å². The highest BCUT2D eigenvalue weighted by Gasteiger charge is 2.18. The van der Waals surface area contributed by atoms with E-state index in [0.29, 0.717) is 27.9 Å². The lowest BCUT2D eigenvalue weighted by Gasteiger charge is -2.18. The minimum atomic E-state index is -0.485. The van der Waals surface area contributed by atoms with Crippen LogP contribution in [-0.2, 0) is 4.79 Å². The van der Waals surface area contributed by atoms with Crippen molar-refractivity contribution in [3.63, 3.8) is 0 Å². The van der Waals surface area contributed by atoms with E-state index in [4.69, 9.17) is 4.74 Å². The quantitative estimate of drug-likeness (QED) is 0.499. The van der Waals surface area contributed by atoms with E-state index < -0.39 is 5.91 Å². The maximum absolute atomic E-state index is 12.7. The normalized spacial score (nSPS) is 12.4. The molecule has 0 fully saturated rings. The number of hydrogen-bond donors (Lipinski definition) is 2. The zero-order valence-electron chi connectivity index (χ0n) is 16.4. The van der Waals surface area contributed by atoms with Crippen LogP contribution in [0.3, 0.4) is 0 Å². The summed E-state index contributed by atoms with van der Waals surface area (Å²) in [6.45, 7) is -0.00907. The number of fused-ring (bicyclic) bond motifs is 1. The summed E-state index contributed by atoms with van der Waals surface area (Å²) >= 11 is 1.25. The van der Waals surface area contributed by atoms with Crippen molar-refractivity contribution in [3.05, 3.63) is 82.1 Å². The molecule has 32 heavy (non-hydrogen) atoms. The summed E-state index contributed by atoms with van der Waals surface area (Å²) in [5.74, 6) is -0.108. The Morgan fingerprint density at radius 2 is 1.94 bits per heavy atom. The number of amides is 2. The van der Waals surface area contributed by atoms with E-state index in [0.717, 1.165) is 5.56 Å². The maximum Gasteiger partial charge on any atom is 0.277 e. The molecule has 0 saturated carbocycles. The predicted octanol–water partition coefficient (Wildman–Crippen LogP) is 2.94. The van der Waals surface area contributed by atoms with E-state index in [-0.39, 0.29) is 23.8 Å². The number of benzene rings is 2. The van der Waals surface area contributed by atoms with Crippen LogP contribution in [-0.4, -0.2) is 33.2 Å². The zero-order valence-corrected chi connectivity index (χ0v) is 17.3. The number of nitrogens with one attached hydrogen (secondary N) is 2. The molecule has 158 valence electrons. The Morgan fingerprint density at radius 1 is 1.09 bits per heavy atom. The Balaban J connectivity index is 1.36. The minimum Gasteiger partial charge on any atom is -0.482 e. The summed E-state index contributed by atoms with van der Waals surface area (Å²) < 4.78 is 6.54. The van der Waals surface area contributed by atoms with E-state index >= 15 is 0 Å². The maximum atomic E-state index is 12.7. The summed E-state index contributed by atoms with van der Waals surface area (Å²) in [4.78, 5) is 40.8. The minimum absolute atomic E-state index is 0.00907. The number of rotatable bonds is 4. The third-order valence-electron chi connectivity index (χ3n) is 4.67. The van der Waals surface area contributed by atoms with Crippen LogP contribution < -0.4 is 20.9 Å². The molecule has 3 heterocycles. The first-order valence-electron chi connectivity index (χ1n) is 9.56. The van der Waals surface area contributed by atoms with E-state index in [1.54, 1.807) is 41.8 Å². The first-order chi connectivity index (χ1) is 15.6. The van der Waals surface area contributed by atoms with Crippen molar-refractivity contribution in [1.82, 2.24) is 14.8 Å². The number of anilines is 2. The number of ether oxygens (including phenoxy) is 1. The smallest absolute Gasteiger partial charge is 0.277 e. The standard InChI is InChI=1S/C22H15N5O4S/c28-19-11-31-18-8-6-13(10-16(18)23-19)17-12-32-22(24-17)25-21(30)15-7-9-20(29)27(26-15)14-4-2-1-3-5-14/h1-10,12H,11H2,(H,23,28)(H,24,25,30). The fraction of sp³-hybridized carbons (Fsp3) is 0.0455. The number of carbonyl (C=O) groups excluding carboxylic acids is 2. The van der Waals surface area contributed by atoms with Crippen LogP contribution >= 0.6 is 11.3 Å². The molecule has 2 amide bonds. The summed E-state index contributed by atoms with van der Waals surface area (Å²) in [7, 11) is 0. The van der Waals surface area contributed by atoms with Gasteiger partial charge >= 0.3 is 0 Å². The number of para-hydroxylation sites is 1. The lowest BCUT2D eigenvalue weighted by atomic mass is 10.1. The van der Waals surface area contributed by atoms with Gasteiger partial charge in [0.2, 0.25) is 0 Å². The number of hydrogen-bond acceptors (Lipinski definition) is 7. The van der Waals surface area contributed by atoms with Crippen LogP contribution in [0.4, 0.5) is 10.8 Å². The van der Waals surface area contributed by atoms with Crippen LogP contribution in [0.1, 0.15) is 10.5 Å². The topological polar surface area (TPSA) is 115 Å². The average Bonchev–Trinajstić information content (AvgIpc) is 3.28.